The molecule has 0 aliphatic heterocycles. The Morgan fingerprint density at radius 3 is 2.62 bits per heavy atom. The molecule has 0 saturated heterocycles. The van der Waals surface area contributed by atoms with Gasteiger partial charge in [-0.3, -0.25) is 0 Å². The molecule has 0 saturated carbocycles. The summed E-state index contributed by atoms with van der Waals surface area (Å²) in [6, 6.07) is 16.5. The first-order chi connectivity index (χ1) is 7.88. The third-order valence-corrected chi connectivity index (χ3v) is 3.21. The van der Waals surface area contributed by atoms with Crippen molar-refractivity contribution in [1.82, 2.24) is 4.98 Å². The van der Waals surface area contributed by atoms with Crippen molar-refractivity contribution in [2.45, 2.75) is 10.8 Å². The van der Waals surface area contributed by atoms with Crippen molar-refractivity contribution in [3.05, 3.63) is 54.1 Å². The highest BCUT2D eigenvalue weighted by Crippen LogP contribution is 2.21. The molecule has 1 heterocycles. The largest absolute Gasteiger partial charge is 0.373 e. The molecule has 82 valence electrons. The summed E-state index contributed by atoms with van der Waals surface area (Å²) in [6.45, 7) is 0. The van der Waals surface area contributed by atoms with Gasteiger partial charge < -0.3 is 5.32 Å². The van der Waals surface area contributed by atoms with Crippen molar-refractivity contribution in [3.8, 4) is 0 Å². The van der Waals surface area contributed by atoms with E-state index in [9.17, 15) is 0 Å². The minimum Gasteiger partial charge on any atom is -0.373 e. The van der Waals surface area contributed by atoms with Gasteiger partial charge in [0.2, 0.25) is 0 Å². The van der Waals surface area contributed by atoms with E-state index in [1.54, 1.807) is 11.8 Å². The number of anilines is 1. The second-order valence-corrected chi connectivity index (χ2v) is 4.38. The van der Waals surface area contributed by atoms with Crippen molar-refractivity contribution in [2.24, 2.45) is 0 Å². The normalized spacial score (nSPS) is 10.1. The van der Waals surface area contributed by atoms with Crippen LogP contribution in [0.4, 0.5) is 5.82 Å². The Balaban J connectivity index is 1.99. The fourth-order valence-electron chi connectivity index (χ4n) is 1.37. The van der Waals surface area contributed by atoms with E-state index in [1.165, 1.54) is 5.56 Å². The SMILES string of the molecule is CNc1cccc(SCc2ccccc2)n1. The topological polar surface area (TPSA) is 24.9 Å². The summed E-state index contributed by atoms with van der Waals surface area (Å²) in [5.74, 6) is 1.87. The molecular weight excluding hydrogens is 216 g/mol. The van der Waals surface area contributed by atoms with Crippen LogP contribution in [0.3, 0.4) is 0 Å². The average Bonchev–Trinajstić information content (AvgIpc) is 2.38. The van der Waals surface area contributed by atoms with Crippen molar-refractivity contribution in [2.75, 3.05) is 12.4 Å². The van der Waals surface area contributed by atoms with E-state index in [1.807, 2.05) is 31.3 Å². The maximum Gasteiger partial charge on any atom is 0.126 e. The molecule has 0 atom stereocenters. The van der Waals surface area contributed by atoms with Gasteiger partial charge in [-0.25, -0.2) is 4.98 Å². The van der Waals surface area contributed by atoms with Gasteiger partial charge in [0.05, 0.1) is 5.03 Å². The van der Waals surface area contributed by atoms with Crippen molar-refractivity contribution in [3.63, 3.8) is 0 Å². The third-order valence-electron chi connectivity index (χ3n) is 2.21. The number of nitrogens with one attached hydrogen (secondary N) is 1. The summed E-state index contributed by atoms with van der Waals surface area (Å²) in [6.07, 6.45) is 0. The lowest BCUT2D eigenvalue weighted by molar-refractivity contribution is 1.12. The van der Waals surface area contributed by atoms with Crippen LogP contribution in [0.1, 0.15) is 5.56 Å². The van der Waals surface area contributed by atoms with Crippen LogP contribution in [0.5, 0.6) is 0 Å². The summed E-state index contributed by atoms with van der Waals surface area (Å²) >= 11 is 1.75. The molecule has 1 aromatic carbocycles. The van der Waals surface area contributed by atoms with Gasteiger partial charge in [-0.15, -0.1) is 11.8 Å². The molecule has 2 aromatic rings. The predicted molar refractivity (Wildman–Crippen MR) is 69.8 cm³/mol. The van der Waals surface area contributed by atoms with E-state index in [0.717, 1.165) is 16.6 Å². The molecular formula is C13H14N2S. The monoisotopic (exact) mass is 230 g/mol. The summed E-state index contributed by atoms with van der Waals surface area (Å²) in [5.41, 5.74) is 1.32. The van der Waals surface area contributed by atoms with Crippen molar-refractivity contribution < 1.29 is 0 Å². The lowest BCUT2D eigenvalue weighted by Gasteiger charge is -2.03. The molecule has 0 amide bonds. The van der Waals surface area contributed by atoms with Crippen LogP contribution in [0.25, 0.3) is 0 Å². The number of benzene rings is 1. The van der Waals surface area contributed by atoms with Crippen molar-refractivity contribution >= 4 is 17.6 Å². The molecule has 16 heavy (non-hydrogen) atoms. The van der Waals surface area contributed by atoms with E-state index in [0.29, 0.717) is 0 Å². The van der Waals surface area contributed by atoms with Crippen LogP contribution in [0.15, 0.2) is 53.6 Å². The van der Waals surface area contributed by atoms with Gasteiger partial charge >= 0.3 is 0 Å². The molecule has 0 aliphatic rings. The minimum atomic E-state index is 0.915. The third kappa shape index (κ3) is 3.00. The second kappa shape index (κ2) is 5.56. The number of hydrogen-bond donors (Lipinski definition) is 1. The summed E-state index contributed by atoms with van der Waals surface area (Å²) in [5, 5.41) is 4.09. The molecule has 0 radical (unpaired) electrons. The number of aromatic nitrogens is 1. The molecule has 0 fully saturated rings. The lowest BCUT2D eigenvalue weighted by Crippen LogP contribution is -1.92. The minimum absolute atomic E-state index is 0.915. The van der Waals surface area contributed by atoms with Crippen LogP contribution in [0, 0.1) is 0 Å². The van der Waals surface area contributed by atoms with E-state index >= 15 is 0 Å². The summed E-state index contributed by atoms with van der Waals surface area (Å²) < 4.78 is 0. The van der Waals surface area contributed by atoms with Gasteiger partial charge in [0.25, 0.3) is 0 Å². The number of hydrogen-bond acceptors (Lipinski definition) is 3. The fraction of sp³-hybridized carbons (Fsp3) is 0.154. The zero-order valence-corrected chi connectivity index (χ0v) is 10.00. The van der Waals surface area contributed by atoms with Gasteiger partial charge in [0.1, 0.15) is 5.82 Å². The Hall–Kier alpha value is -1.48. The average molecular weight is 230 g/mol. The highest BCUT2D eigenvalue weighted by Gasteiger charge is 1.98. The maximum atomic E-state index is 4.46. The van der Waals surface area contributed by atoms with Gasteiger partial charge in [0, 0.05) is 12.8 Å². The quantitative estimate of drug-likeness (QED) is 0.815. The second-order valence-electron chi connectivity index (χ2n) is 3.39. The van der Waals surface area contributed by atoms with Gasteiger partial charge in [-0.05, 0) is 17.7 Å². The summed E-state index contributed by atoms with van der Waals surface area (Å²) in [4.78, 5) is 4.46. The number of thioether (sulfide) groups is 1. The Morgan fingerprint density at radius 2 is 1.88 bits per heavy atom. The molecule has 1 aromatic heterocycles. The van der Waals surface area contributed by atoms with E-state index in [-0.39, 0.29) is 0 Å². The number of nitrogens with zero attached hydrogens (tertiary/aromatic N) is 1. The van der Waals surface area contributed by atoms with Crippen LogP contribution in [0.2, 0.25) is 0 Å². The maximum absolute atomic E-state index is 4.46. The fourth-order valence-corrected chi connectivity index (χ4v) is 2.21. The van der Waals surface area contributed by atoms with Gasteiger partial charge in [-0.1, -0.05) is 36.4 Å². The van der Waals surface area contributed by atoms with Crippen LogP contribution >= 0.6 is 11.8 Å². The zero-order chi connectivity index (χ0) is 11.2. The zero-order valence-electron chi connectivity index (χ0n) is 9.18. The molecule has 3 heteroatoms. The first-order valence-corrected chi connectivity index (χ1v) is 6.18. The first kappa shape index (κ1) is 11.0. The lowest BCUT2D eigenvalue weighted by atomic mass is 10.2. The Bertz CT molecular complexity index is 443. The van der Waals surface area contributed by atoms with Crippen LogP contribution in [-0.2, 0) is 5.75 Å². The van der Waals surface area contributed by atoms with Gasteiger partial charge in [-0.2, -0.15) is 0 Å². The predicted octanol–water partition coefficient (Wildman–Crippen LogP) is 3.42. The molecule has 0 aliphatic carbocycles. The van der Waals surface area contributed by atoms with E-state index < -0.39 is 0 Å². The molecule has 0 unspecified atom stereocenters. The molecule has 2 rings (SSSR count). The Kier molecular flexibility index (Phi) is 3.83. The summed E-state index contributed by atoms with van der Waals surface area (Å²) in [7, 11) is 1.88. The molecule has 2 nitrogen and oxygen atoms in total. The molecule has 0 bridgehead atoms. The van der Waals surface area contributed by atoms with Crippen molar-refractivity contribution in [1.29, 1.82) is 0 Å². The van der Waals surface area contributed by atoms with E-state index in [2.05, 4.69) is 34.6 Å². The highest BCUT2D eigenvalue weighted by atomic mass is 32.2. The molecule has 0 spiro atoms. The number of pyridine rings is 1. The Morgan fingerprint density at radius 1 is 1.06 bits per heavy atom. The molecule has 1 N–H and O–H groups in total. The van der Waals surface area contributed by atoms with Crippen LogP contribution < -0.4 is 5.32 Å². The Labute approximate surface area is 100 Å². The smallest absolute Gasteiger partial charge is 0.126 e. The van der Waals surface area contributed by atoms with E-state index in [4.69, 9.17) is 0 Å². The number of rotatable bonds is 4. The van der Waals surface area contributed by atoms with Crippen LogP contribution in [-0.4, -0.2) is 12.0 Å². The highest BCUT2D eigenvalue weighted by molar-refractivity contribution is 7.98. The van der Waals surface area contributed by atoms with Gasteiger partial charge in [0.15, 0.2) is 0 Å². The first-order valence-electron chi connectivity index (χ1n) is 5.20. The standard InChI is InChI=1S/C13H14N2S/c1-14-12-8-5-9-13(15-12)16-10-11-6-3-2-4-7-11/h2-9H,10H2,1H3,(H,14,15).